The second kappa shape index (κ2) is 6.96. The van der Waals surface area contributed by atoms with Crippen LogP contribution in [0.3, 0.4) is 0 Å². The van der Waals surface area contributed by atoms with Crippen LogP contribution in [0.4, 0.5) is 5.82 Å². The Hall–Kier alpha value is -2.83. The molecule has 2 heterocycles. The molecule has 0 aliphatic carbocycles. The summed E-state index contributed by atoms with van der Waals surface area (Å²) in [6, 6.07) is 3.88. The highest BCUT2D eigenvalue weighted by molar-refractivity contribution is 6.12. The number of fused-ring (bicyclic) bond motifs is 3. The molecular formula is C18H22N4O3. The van der Waals surface area contributed by atoms with Crippen LogP contribution in [0.15, 0.2) is 18.5 Å². The molecule has 1 aromatic carbocycles. The minimum atomic E-state index is -0.302. The molecule has 0 aliphatic rings. The molecule has 2 N–H and O–H groups in total. The summed E-state index contributed by atoms with van der Waals surface area (Å²) in [5.74, 6) is 0.823. The Kier molecular flexibility index (Phi) is 4.74. The van der Waals surface area contributed by atoms with Crippen LogP contribution in [0.1, 0.15) is 25.3 Å². The summed E-state index contributed by atoms with van der Waals surface area (Å²) in [5, 5.41) is 1.64. The van der Waals surface area contributed by atoms with Gasteiger partial charge in [-0.15, -0.1) is 0 Å². The third kappa shape index (κ3) is 3.09. The van der Waals surface area contributed by atoms with E-state index in [1.165, 1.54) is 6.33 Å². The summed E-state index contributed by atoms with van der Waals surface area (Å²) < 4.78 is 12.5. The van der Waals surface area contributed by atoms with Crippen LogP contribution in [0.5, 0.6) is 5.75 Å². The normalized spacial score (nSPS) is 11.2. The number of benzene rings is 1. The highest BCUT2D eigenvalue weighted by atomic mass is 16.5. The van der Waals surface area contributed by atoms with E-state index in [0.717, 1.165) is 40.4 Å². The van der Waals surface area contributed by atoms with Gasteiger partial charge in [-0.3, -0.25) is 4.79 Å². The van der Waals surface area contributed by atoms with E-state index in [1.54, 1.807) is 11.7 Å². The minimum absolute atomic E-state index is 0.0619. The van der Waals surface area contributed by atoms with Crippen molar-refractivity contribution in [2.24, 2.45) is 0 Å². The largest absolute Gasteiger partial charge is 0.496 e. The van der Waals surface area contributed by atoms with Crippen LogP contribution >= 0.6 is 0 Å². The molecule has 3 rings (SSSR count). The van der Waals surface area contributed by atoms with Crippen molar-refractivity contribution in [3.8, 4) is 5.75 Å². The SMILES string of the molecule is CCCCOC(=O)Cn1c2cc(OC)c(C)cc2c2c(N)ncnc21. The first-order valence-electron chi connectivity index (χ1n) is 8.29. The number of carbonyl (C=O) groups excluding carboxylic acids is 1. The zero-order valence-electron chi connectivity index (χ0n) is 14.7. The van der Waals surface area contributed by atoms with Crippen molar-refractivity contribution in [1.82, 2.24) is 14.5 Å². The van der Waals surface area contributed by atoms with E-state index in [0.29, 0.717) is 18.1 Å². The molecule has 0 saturated heterocycles. The minimum Gasteiger partial charge on any atom is -0.496 e. The molecular weight excluding hydrogens is 320 g/mol. The summed E-state index contributed by atoms with van der Waals surface area (Å²) in [5.41, 5.74) is 8.48. The number of esters is 1. The van der Waals surface area contributed by atoms with Crippen molar-refractivity contribution in [3.05, 3.63) is 24.0 Å². The number of nitrogen functional groups attached to an aromatic ring is 1. The summed E-state index contributed by atoms with van der Waals surface area (Å²) in [6.07, 6.45) is 3.23. The first kappa shape index (κ1) is 17.0. The number of anilines is 1. The lowest BCUT2D eigenvalue weighted by Crippen LogP contribution is -2.14. The first-order valence-corrected chi connectivity index (χ1v) is 8.29. The number of methoxy groups -OCH3 is 1. The molecule has 25 heavy (non-hydrogen) atoms. The zero-order chi connectivity index (χ0) is 18.0. The van der Waals surface area contributed by atoms with E-state index < -0.39 is 0 Å². The Labute approximate surface area is 145 Å². The van der Waals surface area contributed by atoms with Gasteiger partial charge >= 0.3 is 5.97 Å². The van der Waals surface area contributed by atoms with Crippen LogP contribution in [0.25, 0.3) is 21.9 Å². The maximum absolute atomic E-state index is 12.2. The van der Waals surface area contributed by atoms with Gasteiger partial charge in [-0.1, -0.05) is 13.3 Å². The Morgan fingerprint density at radius 3 is 2.84 bits per heavy atom. The van der Waals surface area contributed by atoms with E-state index in [-0.39, 0.29) is 12.5 Å². The molecule has 0 spiro atoms. The number of carbonyl (C=O) groups is 1. The molecule has 0 fully saturated rings. The molecule has 7 heteroatoms. The van der Waals surface area contributed by atoms with Crippen molar-refractivity contribution >= 4 is 33.7 Å². The fourth-order valence-corrected chi connectivity index (χ4v) is 2.95. The van der Waals surface area contributed by atoms with Gasteiger partial charge in [0.25, 0.3) is 0 Å². The van der Waals surface area contributed by atoms with Crippen molar-refractivity contribution < 1.29 is 14.3 Å². The molecule has 132 valence electrons. The van der Waals surface area contributed by atoms with Crippen LogP contribution < -0.4 is 10.5 Å². The first-order chi connectivity index (χ1) is 12.1. The Morgan fingerprint density at radius 2 is 2.12 bits per heavy atom. The zero-order valence-corrected chi connectivity index (χ0v) is 14.7. The van der Waals surface area contributed by atoms with Crippen LogP contribution in [-0.2, 0) is 16.1 Å². The van der Waals surface area contributed by atoms with E-state index in [2.05, 4.69) is 16.9 Å². The smallest absolute Gasteiger partial charge is 0.326 e. The van der Waals surface area contributed by atoms with E-state index in [1.807, 2.05) is 19.1 Å². The molecule has 0 bridgehead atoms. The van der Waals surface area contributed by atoms with E-state index in [9.17, 15) is 4.79 Å². The monoisotopic (exact) mass is 342 g/mol. The van der Waals surface area contributed by atoms with E-state index >= 15 is 0 Å². The van der Waals surface area contributed by atoms with Gasteiger partial charge in [0.2, 0.25) is 0 Å². The maximum Gasteiger partial charge on any atom is 0.326 e. The van der Waals surface area contributed by atoms with Gasteiger partial charge in [0, 0.05) is 11.5 Å². The Balaban J connectivity index is 2.14. The number of rotatable bonds is 6. The number of nitrogens with zero attached hydrogens (tertiary/aromatic N) is 3. The molecule has 2 aromatic heterocycles. The van der Waals surface area contributed by atoms with Crippen molar-refractivity contribution in [1.29, 1.82) is 0 Å². The standard InChI is InChI=1S/C18H22N4O3/c1-4-5-6-25-15(23)9-22-13-8-14(24-3)11(2)7-12(13)16-17(19)20-10-21-18(16)22/h7-8,10H,4-6,9H2,1-3H3,(H2,19,20,21). The maximum atomic E-state index is 12.2. The average molecular weight is 342 g/mol. The van der Waals surface area contributed by atoms with Crippen molar-refractivity contribution in [2.75, 3.05) is 19.5 Å². The van der Waals surface area contributed by atoms with Gasteiger partial charge in [-0.05, 0) is 25.0 Å². The molecule has 0 aliphatic heterocycles. The highest BCUT2D eigenvalue weighted by Crippen LogP contribution is 2.34. The lowest BCUT2D eigenvalue weighted by atomic mass is 10.1. The summed E-state index contributed by atoms with van der Waals surface area (Å²) in [7, 11) is 1.62. The Morgan fingerprint density at radius 1 is 1.32 bits per heavy atom. The van der Waals surface area contributed by atoms with Crippen molar-refractivity contribution in [2.45, 2.75) is 33.2 Å². The van der Waals surface area contributed by atoms with Gasteiger partial charge in [-0.25, -0.2) is 9.97 Å². The summed E-state index contributed by atoms with van der Waals surface area (Å²) in [4.78, 5) is 20.7. The second-order valence-corrected chi connectivity index (χ2v) is 5.96. The molecule has 0 amide bonds. The van der Waals surface area contributed by atoms with Gasteiger partial charge in [0.15, 0.2) is 0 Å². The van der Waals surface area contributed by atoms with Crippen LogP contribution in [-0.4, -0.2) is 34.2 Å². The topological polar surface area (TPSA) is 92.3 Å². The predicted molar refractivity (Wildman–Crippen MR) is 96.6 cm³/mol. The molecule has 0 unspecified atom stereocenters. The quantitative estimate of drug-likeness (QED) is 0.547. The average Bonchev–Trinajstić information content (AvgIpc) is 2.88. The second-order valence-electron chi connectivity index (χ2n) is 5.96. The number of aromatic nitrogens is 3. The Bertz CT molecular complexity index is 933. The molecule has 7 nitrogen and oxygen atoms in total. The van der Waals surface area contributed by atoms with Crippen LogP contribution in [0.2, 0.25) is 0 Å². The van der Waals surface area contributed by atoms with Gasteiger partial charge < -0.3 is 19.8 Å². The lowest BCUT2D eigenvalue weighted by molar-refractivity contribution is -0.144. The number of hydrogen-bond donors (Lipinski definition) is 1. The number of aryl methyl sites for hydroxylation is 1. The van der Waals surface area contributed by atoms with Crippen LogP contribution in [0, 0.1) is 6.92 Å². The molecule has 0 atom stereocenters. The predicted octanol–water partition coefficient (Wildman–Crippen LogP) is 2.83. The molecule has 3 aromatic rings. The lowest BCUT2D eigenvalue weighted by Gasteiger charge is -2.09. The fourth-order valence-electron chi connectivity index (χ4n) is 2.95. The molecule has 0 radical (unpaired) electrons. The summed E-state index contributed by atoms with van der Waals surface area (Å²) in [6.45, 7) is 4.49. The third-order valence-corrected chi connectivity index (χ3v) is 4.23. The van der Waals surface area contributed by atoms with Gasteiger partial charge in [0.05, 0.1) is 24.6 Å². The van der Waals surface area contributed by atoms with E-state index in [4.69, 9.17) is 15.2 Å². The number of ether oxygens (including phenoxy) is 2. The fraction of sp³-hybridized carbons (Fsp3) is 0.389. The number of unbranched alkanes of at least 4 members (excludes halogenated alkanes) is 1. The number of hydrogen-bond acceptors (Lipinski definition) is 6. The van der Waals surface area contributed by atoms with Gasteiger partial charge in [-0.2, -0.15) is 0 Å². The molecule has 0 saturated carbocycles. The van der Waals surface area contributed by atoms with Gasteiger partial charge in [0.1, 0.15) is 30.1 Å². The number of nitrogens with two attached hydrogens (primary N) is 1. The highest BCUT2D eigenvalue weighted by Gasteiger charge is 2.19. The van der Waals surface area contributed by atoms with Crippen molar-refractivity contribution in [3.63, 3.8) is 0 Å². The summed E-state index contributed by atoms with van der Waals surface area (Å²) >= 11 is 0. The third-order valence-electron chi connectivity index (χ3n) is 4.23.